The van der Waals surface area contributed by atoms with Crippen LogP contribution in [0.25, 0.3) is 67.2 Å². The molecule has 45 heavy (non-hydrogen) atoms. The van der Waals surface area contributed by atoms with E-state index in [2.05, 4.69) is 139 Å². The van der Waals surface area contributed by atoms with Gasteiger partial charge >= 0.3 is 0 Å². The predicted molar refractivity (Wildman–Crippen MR) is 185 cm³/mol. The van der Waals surface area contributed by atoms with Crippen LogP contribution >= 0.6 is 0 Å². The first-order chi connectivity index (χ1) is 22.2. The summed E-state index contributed by atoms with van der Waals surface area (Å²) in [7, 11) is 0. The van der Waals surface area contributed by atoms with Gasteiger partial charge in [-0.1, -0.05) is 110 Å². The van der Waals surface area contributed by atoms with Gasteiger partial charge in [0.05, 0.1) is 22.4 Å². The molecule has 0 radical (unpaired) electrons. The van der Waals surface area contributed by atoms with Gasteiger partial charge in [-0.15, -0.1) is 0 Å². The highest BCUT2D eigenvalue weighted by molar-refractivity contribution is 6.11. The zero-order valence-corrected chi connectivity index (χ0v) is 25.1. The van der Waals surface area contributed by atoms with Crippen molar-refractivity contribution in [2.45, 2.75) is 31.6 Å². The summed E-state index contributed by atoms with van der Waals surface area (Å²) >= 11 is 0. The first-order valence-corrected chi connectivity index (χ1v) is 15.7. The van der Waals surface area contributed by atoms with Gasteiger partial charge in [-0.2, -0.15) is 0 Å². The maximum atomic E-state index is 6.46. The molecule has 4 aromatic carbocycles. The highest BCUT2D eigenvalue weighted by Crippen LogP contribution is 2.40. The Morgan fingerprint density at radius 1 is 0.733 bits per heavy atom. The van der Waals surface area contributed by atoms with Crippen LogP contribution in [0.15, 0.2) is 132 Å². The van der Waals surface area contributed by atoms with Crippen LogP contribution in [-0.4, -0.2) is 14.5 Å². The van der Waals surface area contributed by atoms with Crippen molar-refractivity contribution in [2.75, 3.05) is 0 Å². The predicted octanol–water partition coefficient (Wildman–Crippen LogP) is 10.4. The molecule has 2 aliphatic rings. The second-order valence-electron chi connectivity index (χ2n) is 12.4. The molecule has 4 nitrogen and oxygen atoms in total. The minimum absolute atomic E-state index is 0.224. The van der Waals surface area contributed by atoms with Crippen LogP contribution in [0.4, 0.5) is 0 Å². The van der Waals surface area contributed by atoms with Crippen LogP contribution in [0.2, 0.25) is 0 Å². The van der Waals surface area contributed by atoms with Gasteiger partial charge in [0.1, 0.15) is 11.3 Å². The third-order valence-electron chi connectivity index (χ3n) is 9.49. The lowest BCUT2D eigenvalue weighted by atomic mass is 9.80. The van der Waals surface area contributed by atoms with Crippen LogP contribution < -0.4 is 0 Å². The van der Waals surface area contributed by atoms with Gasteiger partial charge in [0, 0.05) is 38.3 Å². The summed E-state index contributed by atoms with van der Waals surface area (Å²) in [6, 6.07) is 34.4. The molecule has 4 heteroatoms. The van der Waals surface area contributed by atoms with Crippen molar-refractivity contribution in [2.24, 2.45) is 0 Å². The summed E-state index contributed by atoms with van der Waals surface area (Å²) in [5.74, 6) is 1.67. The molecule has 0 amide bonds. The van der Waals surface area contributed by atoms with E-state index in [4.69, 9.17) is 14.4 Å². The highest BCUT2D eigenvalue weighted by Gasteiger charge is 2.28. The molecule has 3 heterocycles. The van der Waals surface area contributed by atoms with Gasteiger partial charge in [0.15, 0.2) is 0 Å². The van der Waals surface area contributed by atoms with Crippen molar-refractivity contribution in [3.63, 3.8) is 0 Å². The van der Waals surface area contributed by atoms with Gasteiger partial charge in [0.2, 0.25) is 5.95 Å². The Kier molecular flexibility index (Phi) is 5.79. The molecule has 9 rings (SSSR count). The minimum Gasteiger partial charge on any atom is -0.456 e. The zero-order valence-electron chi connectivity index (χ0n) is 25.1. The average Bonchev–Trinajstić information content (AvgIpc) is 3.64. The van der Waals surface area contributed by atoms with Crippen molar-refractivity contribution in [1.29, 1.82) is 0 Å². The van der Waals surface area contributed by atoms with Crippen molar-refractivity contribution >= 4 is 38.9 Å². The van der Waals surface area contributed by atoms with Crippen molar-refractivity contribution in [1.82, 2.24) is 14.5 Å². The van der Waals surface area contributed by atoms with E-state index in [1.165, 1.54) is 21.7 Å². The summed E-state index contributed by atoms with van der Waals surface area (Å²) in [6.07, 6.45) is 16.0. The molecule has 1 atom stereocenters. The van der Waals surface area contributed by atoms with E-state index in [1.54, 1.807) is 0 Å². The summed E-state index contributed by atoms with van der Waals surface area (Å²) in [6.45, 7) is 2.26. The maximum absolute atomic E-state index is 6.46. The first-order valence-electron chi connectivity index (χ1n) is 15.7. The lowest BCUT2D eigenvalue weighted by Gasteiger charge is -2.27. The van der Waals surface area contributed by atoms with E-state index in [-0.39, 0.29) is 5.41 Å². The lowest BCUT2D eigenvalue weighted by molar-refractivity contribution is 0.576. The molecule has 1 unspecified atom stereocenters. The number of fused-ring (bicyclic) bond motifs is 6. The van der Waals surface area contributed by atoms with E-state index in [9.17, 15) is 0 Å². The largest absolute Gasteiger partial charge is 0.456 e. The fourth-order valence-corrected chi connectivity index (χ4v) is 7.08. The minimum atomic E-state index is -0.224. The van der Waals surface area contributed by atoms with Crippen LogP contribution in [0.1, 0.15) is 36.8 Å². The van der Waals surface area contributed by atoms with Gasteiger partial charge < -0.3 is 4.42 Å². The van der Waals surface area contributed by atoms with Crippen molar-refractivity contribution < 1.29 is 4.42 Å². The second kappa shape index (κ2) is 10.0. The topological polar surface area (TPSA) is 43.9 Å². The molecule has 3 aromatic heterocycles. The maximum Gasteiger partial charge on any atom is 0.235 e. The van der Waals surface area contributed by atoms with Crippen molar-refractivity contribution in [3.8, 4) is 28.3 Å². The number of hydrogen-bond acceptors (Lipinski definition) is 3. The Bertz CT molecular complexity index is 2370. The van der Waals surface area contributed by atoms with E-state index in [1.807, 2.05) is 6.07 Å². The molecule has 0 N–H and O–H groups in total. The average molecular weight is 582 g/mol. The van der Waals surface area contributed by atoms with Crippen LogP contribution in [-0.2, 0) is 11.8 Å². The SMILES string of the molecule is CC1(c2cc(-c3ccccc3)nc(-n3c4ccccc4c4cc(-c5cccc6c7c(oc56)C=CCC7)ccc43)n2)C=CC=CC1. The molecule has 0 aliphatic heterocycles. The zero-order chi connectivity index (χ0) is 30.0. The number of hydrogen-bond donors (Lipinski definition) is 0. The number of aryl methyl sites for hydroxylation is 1. The molecule has 7 aromatic rings. The molecule has 216 valence electrons. The van der Waals surface area contributed by atoms with Crippen LogP contribution in [0.5, 0.6) is 0 Å². The Hall–Kier alpha value is -5.48. The van der Waals surface area contributed by atoms with Gasteiger partial charge in [-0.25, -0.2) is 9.97 Å². The smallest absolute Gasteiger partial charge is 0.235 e. The summed E-state index contributed by atoms with van der Waals surface area (Å²) in [4.78, 5) is 10.5. The number of nitrogens with zero attached hydrogens (tertiary/aromatic N) is 3. The Morgan fingerprint density at radius 3 is 2.47 bits per heavy atom. The molecular formula is C41H31N3O. The standard InChI is InChI=1S/C41H31N3O/c1-41(23-10-3-11-24-41)38-26-34(27-13-4-2-5-14-27)42-40(43-38)44-35-19-8-6-15-30(35)33-25-28(21-22-36(33)44)29-17-12-18-32-31-16-7-9-20-37(31)45-39(29)32/h2-6,8-15,17-23,25-26H,7,16,24H2,1H3. The van der Waals surface area contributed by atoms with E-state index in [0.29, 0.717) is 5.95 Å². The molecule has 0 fully saturated rings. The second-order valence-corrected chi connectivity index (χ2v) is 12.4. The van der Waals surface area contributed by atoms with Gasteiger partial charge in [-0.3, -0.25) is 4.57 Å². The molecule has 0 saturated heterocycles. The van der Waals surface area contributed by atoms with Crippen LogP contribution in [0, 0.1) is 0 Å². The van der Waals surface area contributed by atoms with E-state index < -0.39 is 0 Å². The van der Waals surface area contributed by atoms with Gasteiger partial charge in [-0.05, 0) is 55.2 Å². The molecule has 2 aliphatic carbocycles. The number of para-hydroxylation sites is 2. The highest BCUT2D eigenvalue weighted by atomic mass is 16.3. The van der Waals surface area contributed by atoms with Gasteiger partial charge in [0.25, 0.3) is 0 Å². The number of aromatic nitrogens is 3. The quantitative estimate of drug-likeness (QED) is 0.208. The number of rotatable bonds is 4. The van der Waals surface area contributed by atoms with Crippen molar-refractivity contribution in [3.05, 3.63) is 144 Å². The van der Waals surface area contributed by atoms with Crippen LogP contribution in [0.3, 0.4) is 0 Å². The summed E-state index contributed by atoms with van der Waals surface area (Å²) < 4.78 is 8.69. The number of furan rings is 1. The fourth-order valence-electron chi connectivity index (χ4n) is 7.08. The van der Waals surface area contributed by atoms with E-state index >= 15 is 0 Å². The Morgan fingerprint density at radius 2 is 1.58 bits per heavy atom. The Balaban J connectivity index is 1.28. The normalized spacial score (nSPS) is 17.4. The monoisotopic (exact) mass is 581 g/mol. The lowest BCUT2D eigenvalue weighted by Crippen LogP contribution is -2.22. The molecule has 0 saturated carbocycles. The molecular weight excluding hydrogens is 550 g/mol. The summed E-state index contributed by atoms with van der Waals surface area (Å²) in [5, 5.41) is 3.55. The first kappa shape index (κ1) is 26.0. The van der Waals surface area contributed by atoms with E-state index in [0.717, 1.165) is 69.7 Å². The fraction of sp³-hybridized carbons (Fsp3) is 0.122. The number of benzene rings is 4. The Labute approximate surface area is 261 Å². The third-order valence-corrected chi connectivity index (χ3v) is 9.49. The summed E-state index contributed by atoms with van der Waals surface area (Å²) in [5.41, 5.74) is 9.48. The third kappa shape index (κ3) is 4.13. The molecule has 0 spiro atoms. The molecule has 0 bridgehead atoms. The number of allylic oxidation sites excluding steroid dienone is 5.